The molecule has 0 aromatic rings. The summed E-state index contributed by atoms with van der Waals surface area (Å²) < 4.78 is 0. The summed E-state index contributed by atoms with van der Waals surface area (Å²) >= 11 is 0. The van der Waals surface area contributed by atoms with E-state index in [1.54, 1.807) is 0 Å². The molecular formula is C14H26N2O. The van der Waals surface area contributed by atoms with Crippen LogP contribution in [0.5, 0.6) is 0 Å². The Morgan fingerprint density at radius 2 is 1.76 bits per heavy atom. The van der Waals surface area contributed by atoms with Crippen LogP contribution < -0.4 is 0 Å². The number of nitrogens with zero attached hydrogens (tertiary/aromatic N) is 2. The molecule has 2 heterocycles. The molecule has 3 nitrogen and oxygen atoms in total. The van der Waals surface area contributed by atoms with Gasteiger partial charge in [-0.15, -0.1) is 0 Å². The van der Waals surface area contributed by atoms with Crippen molar-refractivity contribution in [2.75, 3.05) is 32.7 Å². The van der Waals surface area contributed by atoms with E-state index in [2.05, 4.69) is 30.6 Å². The number of carbonyl (C=O) groups excluding carboxylic acids is 1. The first-order valence-electron chi connectivity index (χ1n) is 7.12. The Labute approximate surface area is 105 Å². The summed E-state index contributed by atoms with van der Waals surface area (Å²) in [7, 11) is 0. The summed E-state index contributed by atoms with van der Waals surface area (Å²) in [4.78, 5) is 17.1. The number of likely N-dealkylation sites (tertiary alicyclic amines) is 2. The highest BCUT2D eigenvalue weighted by Gasteiger charge is 2.36. The SMILES string of the molecule is CCN1CC(C(=O)C2CCN(C(C)C)CC2)C1. The zero-order valence-electron chi connectivity index (χ0n) is 11.5. The minimum absolute atomic E-state index is 0.352. The van der Waals surface area contributed by atoms with E-state index in [9.17, 15) is 4.79 Å². The number of piperidine rings is 1. The van der Waals surface area contributed by atoms with E-state index in [-0.39, 0.29) is 0 Å². The van der Waals surface area contributed by atoms with Crippen LogP contribution in [0.1, 0.15) is 33.6 Å². The first-order chi connectivity index (χ1) is 8.11. The van der Waals surface area contributed by atoms with Crippen molar-refractivity contribution in [2.45, 2.75) is 39.7 Å². The van der Waals surface area contributed by atoms with Gasteiger partial charge in [0.15, 0.2) is 0 Å². The van der Waals surface area contributed by atoms with Crippen LogP contribution in [0.3, 0.4) is 0 Å². The Morgan fingerprint density at radius 3 is 2.24 bits per heavy atom. The fraction of sp³-hybridized carbons (Fsp3) is 0.929. The van der Waals surface area contributed by atoms with Gasteiger partial charge in [-0.05, 0) is 46.3 Å². The van der Waals surface area contributed by atoms with E-state index in [1.807, 2.05) is 0 Å². The van der Waals surface area contributed by atoms with Crippen molar-refractivity contribution in [3.63, 3.8) is 0 Å². The molecule has 17 heavy (non-hydrogen) atoms. The summed E-state index contributed by atoms with van der Waals surface area (Å²) in [5, 5.41) is 0. The van der Waals surface area contributed by atoms with Crippen LogP contribution in [0.4, 0.5) is 0 Å². The Kier molecular flexibility index (Phi) is 4.21. The molecule has 0 atom stereocenters. The average Bonchev–Trinajstić information content (AvgIpc) is 2.27. The quantitative estimate of drug-likeness (QED) is 0.744. The van der Waals surface area contributed by atoms with Crippen LogP contribution >= 0.6 is 0 Å². The Balaban J connectivity index is 1.75. The Hall–Kier alpha value is -0.410. The predicted molar refractivity (Wildman–Crippen MR) is 70.0 cm³/mol. The monoisotopic (exact) mass is 238 g/mol. The molecule has 3 heteroatoms. The number of rotatable bonds is 4. The number of ketones is 1. The lowest BCUT2D eigenvalue weighted by atomic mass is 9.82. The molecule has 0 radical (unpaired) electrons. The summed E-state index contributed by atoms with van der Waals surface area (Å²) in [5.41, 5.74) is 0. The minimum Gasteiger partial charge on any atom is -0.302 e. The molecule has 0 aliphatic carbocycles. The molecule has 0 spiro atoms. The van der Waals surface area contributed by atoms with E-state index in [0.717, 1.165) is 45.6 Å². The second-order valence-corrected chi connectivity index (χ2v) is 5.86. The van der Waals surface area contributed by atoms with Crippen LogP contribution in [0.2, 0.25) is 0 Å². The maximum atomic E-state index is 12.3. The highest BCUT2D eigenvalue weighted by molar-refractivity contribution is 5.84. The number of hydrogen-bond acceptors (Lipinski definition) is 3. The van der Waals surface area contributed by atoms with Gasteiger partial charge in [-0.2, -0.15) is 0 Å². The lowest BCUT2D eigenvalue weighted by Crippen LogP contribution is -2.52. The van der Waals surface area contributed by atoms with E-state index in [4.69, 9.17) is 0 Å². The van der Waals surface area contributed by atoms with Gasteiger partial charge in [-0.25, -0.2) is 0 Å². The van der Waals surface area contributed by atoms with Crippen molar-refractivity contribution in [1.82, 2.24) is 9.80 Å². The third-order valence-corrected chi connectivity index (χ3v) is 4.47. The zero-order chi connectivity index (χ0) is 12.4. The first-order valence-corrected chi connectivity index (χ1v) is 7.12. The summed E-state index contributed by atoms with van der Waals surface area (Å²) in [5.74, 6) is 1.26. The molecule has 0 aromatic carbocycles. The first kappa shape index (κ1) is 13.0. The standard InChI is InChI=1S/C14H26N2O/c1-4-15-9-13(10-15)14(17)12-5-7-16(8-6-12)11(2)3/h11-13H,4-10H2,1-3H3. The number of carbonyl (C=O) groups is 1. The topological polar surface area (TPSA) is 23.6 Å². The molecule has 2 saturated heterocycles. The molecule has 0 bridgehead atoms. The van der Waals surface area contributed by atoms with Crippen LogP contribution in [0, 0.1) is 11.8 Å². The van der Waals surface area contributed by atoms with Crippen LogP contribution in [-0.4, -0.2) is 54.3 Å². The lowest BCUT2D eigenvalue weighted by Gasteiger charge is -2.41. The molecule has 2 aliphatic heterocycles. The molecule has 0 saturated carbocycles. The molecule has 98 valence electrons. The molecule has 0 unspecified atom stereocenters. The molecule has 2 rings (SSSR count). The third-order valence-electron chi connectivity index (χ3n) is 4.47. The number of hydrogen-bond donors (Lipinski definition) is 0. The molecule has 2 aliphatic rings. The largest absolute Gasteiger partial charge is 0.302 e. The normalized spacial score (nSPS) is 25.2. The fourth-order valence-corrected chi connectivity index (χ4v) is 3.04. The van der Waals surface area contributed by atoms with E-state index in [0.29, 0.717) is 23.7 Å². The number of Topliss-reactive ketones (excluding diaryl/α,β-unsaturated/α-hetero) is 1. The van der Waals surface area contributed by atoms with Crippen molar-refractivity contribution in [2.24, 2.45) is 11.8 Å². The zero-order valence-corrected chi connectivity index (χ0v) is 11.5. The molecule has 2 fully saturated rings. The van der Waals surface area contributed by atoms with Crippen LogP contribution in [-0.2, 0) is 4.79 Å². The average molecular weight is 238 g/mol. The van der Waals surface area contributed by atoms with E-state index < -0.39 is 0 Å². The van der Waals surface area contributed by atoms with Gasteiger partial charge in [0, 0.05) is 31.0 Å². The second-order valence-electron chi connectivity index (χ2n) is 5.86. The van der Waals surface area contributed by atoms with Crippen LogP contribution in [0.15, 0.2) is 0 Å². The van der Waals surface area contributed by atoms with Crippen molar-refractivity contribution >= 4 is 5.78 Å². The maximum Gasteiger partial charge on any atom is 0.141 e. The molecular weight excluding hydrogens is 212 g/mol. The lowest BCUT2D eigenvalue weighted by molar-refractivity contribution is -0.133. The van der Waals surface area contributed by atoms with E-state index >= 15 is 0 Å². The summed E-state index contributed by atoms with van der Waals surface area (Å²) in [6, 6.07) is 0.630. The molecule has 0 amide bonds. The van der Waals surface area contributed by atoms with Crippen molar-refractivity contribution < 1.29 is 4.79 Å². The van der Waals surface area contributed by atoms with Gasteiger partial charge in [0.2, 0.25) is 0 Å². The van der Waals surface area contributed by atoms with Gasteiger partial charge in [0.1, 0.15) is 5.78 Å². The summed E-state index contributed by atoms with van der Waals surface area (Å²) in [6.07, 6.45) is 2.17. The Bertz CT molecular complexity index is 263. The van der Waals surface area contributed by atoms with E-state index in [1.165, 1.54) is 0 Å². The van der Waals surface area contributed by atoms with Gasteiger partial charge < -0.3 is 9.80 Å². The van der Waals surface area contributed by atoms with Crippen molar-refractivity contribution in [3.05, 3.63) is 0 Å². The van der Waals surface area contributed by atoms with Gasteiger partial charge in [-0.3, -0.25) is 4.79 Å². The van der Waals surface area contributed by atoms with Gasteiger partial charge in [0.05, 0.1) is 0 Å². The summed E-state index contributed by atoms with van der Waals surface area (Å²) in [6.45, 7) is 12.0. The maximum absolute atomic E-state index is 12.3. The van der Waals surface area contributed by atoms with Gasteiger partial charge in [0.25, 0.3) is 0 Å². The third kappa shape index (κ3) is 2.89. The highest BCUT2D eigenvalue weighted by atomic mass is 16.1. The molecule has 0 N–H and O–H groups in total. The minimum atomic E-state index is 0.352. The van der Waals surface area contributed by atoms with Gasteiger partial charge in [-0.1, -0.05) is 6.92 Å². The van der Waals surface area contributed by atoms with Crippen molar-refractivity contribution in [3.8, 4) is 0 Å². The molecule has 0 aromatic heterocycles. The van der Waals surface area contributed by atoms with Gasteiger partial charge >= 0.3 is 0 Å². The van der Waals surface area contributed by atoms with Crippen LogP contribution in [0.25, 0.3) is 0 Å². The van der Waals surface area contributed by atoms with Crippen molar-refractivity contribution in [1.29, 1.82) is 0 Å². The second kappa shape index (κ2) is 5.49. The smallest absolute Gasteiger partial charge is 0.141 e. The predicted octanol–water partition coefficient (Wildman–Crippen LogP) is 1.63. The highest BCUT2D eigenvalue weighted by Crippen LogP contribution is 2.26. The fourth-order valence-electron chi connectivity index (χ4n) is 3.04. The Morgan fingerprint density at radius 1 is 1.18 bits per heavy atom.